The Morgan fingerprint density at radius 3 is 1.73 bits per heavy atom. The molecule has 0 fully saturated rings. The van der Waals surface area contributed by atoms with Gasteiger partial charge in [-0.2, -0.15) is 0 Å². The molecule has 0 spiro atoms. The van der Waals surface area contributed by atoms with E-state index in [0.29, 0.717) is 18.0 Å². The molecule has 1 aromatic rings. The van der Waals surface area contributed by atoms with Gasteiger partial charge in [0.1, 0.15) is 0 Å². The monoisotopic (exact) mass is 382 g/mol. The van der Waals surface area contributed by atoms with E-state index in [1.54, 1.807) is 0 Å². The van der Waals surface area contributed by atoms with Gasteiger partial charge in [-0.1, -0.05) is 45.0 Å². The second kappa shape index (κ2) is 9.04. The van der Waals surface area contributed by atoms with Crippen LogP contribution in [0.25, 0.3) is 0 Å². The first-order valence-corrected chi connectivity index (χ1v) is 11.6. The molecule has 0 saturated carbocycles. The van der Waals surface area contributed by atoms with Crippen molar-refractivity contribution in [3.8, 4) is 0 Å². The highest BCUT2D eigenvalue weighted by atomic mass is 31.2. The number of hydrogen-bond acceptors (Lipinski definition) is 3. The standard InChI is InChI=1S/C22H39O3P/c1-10-19(15-17(2)3)20-13-11-18(12-14-20)16-26(23,24-21(4,5)6)25-22(7,8)9/h11-14,17,19H,10,15-16H2,1-9H3. The van der Waals surface area contributed by atoms with Crippen molar-refractivity contribution in [2.45, 2.75) is 98.4 Å². The summed E-state index contributed by atoms with van der Waals surface area (Å²) in [6.07, 6.45) is 2.62. The second-order valence-electron chi connectivity index (χ2n) is 9.65. The van der Waals surface area contributed by atoms with E-state index in [-0.39, 0.29) is 0 Å². The van der Waals surface area contributed by atoms with E-state index >= 15 is 0 Å². The molecular weight excluding hydrogens is 343 g/mol. The van der Waals surface area contributed by atoms with Gasteiger partial charge in [-0.05, 0) is 77.3 Å². The zero-order valence-corrected chi connectivity index (χ0v) is 19.2. The Balaban J connectivity index is 3.00. The highest BCUT2D eigenvalue weighted by Gasteiger charge is 2.35. The molecule has 4 heteroatoms. The molecule has 150 valence electrons. The number of hydrogen-bond donors (Lipinski definition) is 0. The van der Waals surface area contributed by atoms with Gasteiger partial charge in [0.25, 0.3) is 0 Å². The minimum absolute atomic E-state index is 0.294. The van der Waals surface area contributed by atoms with Crippen molar-refractivity contribution < 1.29 is 13.6 Å². The Hall–Kier alpha value is -0.630. The Morgan fingerprint density at radius 1 is 0.923 bits per heavy atom. The van der Waals surface area contributed by atoms with Crippen LogP contribution in [0.3, 0.4) is 0 Å². The van der Waals surface area contributed by atoms with Crippen molar-refractivity contribution in [1.29, 1.82) is 0 Å². The van der Waals surface area contributed by atoms with Crippen molar-refractivity contribution in [2.24, 2.45) is 5.92 Å². The molecule has 3 nitrogen and oxygen atoms in total. The summed E-state index contributed by atoms with van der Waals surface area (Å²) in [6.45, 7) is 18.2. The summed E-state index contributed by atoms with van der Waals surface area (Å²) in [4.78, 5) is 0. The second-order valence-corrected chi connectivity index (χ2v) is 11.6. The van der Waals surface area contributed by atoms with E-state index in [1.807, 2.05) is 41.5 Å². The fourth-order valence-corrected chi connectivity index (χ4v) is 5.64. The maximum absolute atomic E-state index is 13.4. The Morgan fingerprint density at radius 2 is 1.38 bits per heavy atom. The lowest BCUT2D eigenvalue weighted by atomic mass is 9.88. The molecule has 0 aliphatic rings. The summed E-state index contributed by atoms with van der Waals surface area (Å²) in [5.74, 6) is 1.26. The molecule has 0 saturated heterocycles. The SMILES string of the molecule is CCC(CC(C)C)c1ccc(CP(=O)(OC(C)(C)C)OC(C)(C)C)cc1. The van der Waals surface area contributed by atoms with E-state index in [1.165, 1.54) is 12.0 Å². The van der Waals surface area contributed by atoms with Crippen LogP contribution in [0, 0.1) is 5.92 Å². The topological polar surface area (TPSA) is 35.5 Å². The molecule has 0 aliphatic carbocycles. The zero-order chi connectivity index (χ0) is 20.2. The van der Waals surface area contributed by atoms with Gasteiger partial charge in [-0.25, -0.2) is 0 Å². The van der Waals surface area contributed by atoms with Crippen LogP contribution in [-0.2, 0) is 19.8 Å². The predicted molar refractivity (Wildman–Crippen MR) is 112 cm³/mol. The molecule has 0 aliphatic heterocycles. The summed E-state index contributed by atoms with van der Waals surface area (Å²) in [5.41, 5.74) is 1.30. The lowest BCUT2D eigenvalue weighted by Crippen LogP contribution is -2.24. The molecule has 0 heterocycles. The third-order valence-corrected chi connectivity index (χ3v) is 6.31. The van der Waals surface area contributed by atoms with Crippen molar-refractivity contribution in [3.05, 3.63) is 35.4 Å². The number of rotatable bonds is 8. The zero-order valence-electron chi connectivity index (χ0n) is 18.3. The van der Waals surface area contributed by atoms with Gasteiger partial charge in [-0.15, -0.1) is 0 Å². The van der Waals surface area contributed by atoms with Gasteiger partial charge in [-0.3, -0.25) is 4.57 Å². The average Bonchev–Trinajstić information content (AvgIpc) is 2.40. The van der Waals surface area contributed by atoms with Crippen LogP contribution < -0.4 is 0 Å². The normalized spacial score (nSPS) is 14.7. The van der Waals surface area contributed by atoms with Crippen LogP contribution in [0.15, 0.2) is 24.3 Å². The molecule has 1 atom stereocenters. The molecule has 1 rings (SSSR count). The van der Waals surface area contributed by atoms with E-state index in [2.05, 4.69) is 45.0 Å². The lowest BCUT2D eigenvalue weighted by molar-refractivity contribution is 0.0485. The quantitative estimate of drug-likeness (QED) is 0.435. The molecule has 0 amide bonds. The van der Waals surface area contributed by atoms with Gasteiger partial charge in [0.2, 0.25) is 0 Å². The fourth-order valence-electron chi connectivity index (χ4n) is 3.14. The molecule has 0 aromatic heterocycles. The third-order valence-electron chi connectivity index (χ3n) is 3.90. The van der Waals surface area contributed by atoms with Gasteiger partial charge >= 0.3 is 7.60 Å². The first-order valence-electron chi connectivity index (χ1n) is 9.82. The summed E-state index contributed by atoms with van der Waals surface area (Å²) in [7, 11) is -3.25. The maximum Gasteiger partial charge on any atom is 0.336 e. The van der Waals surface area contributed by atoms with E-state index in [0.717, 1.165) is 12.0 Å². The first kappa shape index (κ1) is 23.4. The third kappa shape index (κ3) is 8.84. The number of benzene rings is 1. The van der Waals surface area contributed by atoms with Crippen LogP contribution in [-0.4, -0.2) is 11.2 Å². The Labute approximate surface area is 161 Å². The average molecular weight is 383 g/mol. The summed E-state index contributed by atoms with van der Waals surface area (Å²) in [6, 6.07) is 8.49. The Bertz CT molecular complexity index is 571. The van der Waals surface area contributed by atoms with E-state index < -0.39 is 18.8 Å². The smallest absolute Gasteiger partial charge is 0.303 e. The molecule has 0 radical (unpaired) electrons. The van der Waals surface area contributed by atoms with E-state index in [4.69, 9.17) is 9.05 Å². The minimum atomic E-state index is -3.25. The minimum Gasteiger partial charge on any atom is -0.303 e. The molecule has 0 bridgehead atoms. The van der Waals surface area contributed by atoms with Crippen molar-refractivity contribution in [1.82, 2.24) is 0 Å². The van der Waals surface area contributed by atoms with Crippen molar-refractivity contribution in [2.75, 3.05) is 0 Å². The van der Waals surface area contributed by atoms with E-state index in [9.17, 15) is 4.57 Å². The molecular formula is C22H39O3P. The van der Waals surface area contributed by atoms with Gasteiger partial charge in [0, 0.05) is 0 Å². The summed E-state index contributed by atoms with van der Waals surface area (Å²) in [5, 5.41) is 0. The summed E-state index contributed by atoms with van der Waals surface area (Å²) < 4.78 is 25.2. The van der Waals surface area contributed by atoms with Crippen LogP contribution in [0.5, 0.6) is 0 Å². The highest BCUT2D eigenvalue weighted by molar-refractivity contribution is 7.53. The predicted octanol–water partition coefficient (Wildman–Crippen LogP) is 7.55. The lowest BCUT2D eigenvalue weighted by Gasteiger charge is -2.32. The Kier molecular flexibility index (Phi) is 8.14. The largest absolute Gasteiger partial charge is 0.336 e. The molecule has 26 heavy (non-hydrogen) atoms. The van der Waals surface area contributed by atoms with Gasteiger partial charge < -0.3 is 9.05 Å². The molecule has 1 unspecified atom stereocenters. The van der Waals surface area contributed by atoms with Gasteiger partial charge in [0.15, 0.2) is 0 Å². The molecule has 1 aromatic carbocycles. The van der Waals surface area contributed by atoms with Crippen LogP contribution in [0.2, 0.25) is 0 Å². The highest BCUT2D eigenvalue weighted by Crippen LogP contribution is 2.56. The van der Waals surface area contributed by atoms with Crippen LogP contribution in [0.1, 0.15) is 92.2 Å². The maximum atomic E-state index is 13.4. The summed E-state index contributed by atoms with van der Waals surface area (Å²) >= 11 is 0. The van der Waals surface area contributed by atoms with Crippen molar-refractivity contribution >= 4 is 7.60 Å². The molecule has 0 N–H and O–H groups in total. The van der Waals surface area contributed by atoms with Crippen molar-refractivity contribution in [3.63, 3.8) is 0 Å². The van der Waals surface area contributed by atoms with Crippen LogP contribution >= 0.6 is 7.60 Å². The fraction of sp³-hybridized carbons (Fsp3) is 0.727. The van der Waals surface area contributed by atoms with Gasteiger partial charge in [0.05, 0.1) is 17.4 Å². The van der Waals surface area contributed by atoms with Crippen LogP contribution in [0.4, 0.5) is 0 Å². The first-order chi connectivity index (χ1) is 11.7.